The summed E-state index contributed by atoms with van der Waals surface area (Å²) >= 11 is 0. The van der Waals surface area contributed by atoms with Crippen molar-refractivity contribution in [2.75, 3.05) is 17.9 Å². The van der Waals surface area contributed by atoms with Gasteiger partial charge >= 0.3 is 0 Å². The number of methoxy groups -OCH3 is 1. The van der Waals surface area contributed by atoms with Crippen LogP contribution in [0, 0.1) is 5.92 Å². The van der Waals surface area contributed by atoms with E-state index >= 15 is 0 Å². The van der Waals surface area contributed by atoms with Crippen LogP contribution in [0.15, 0.2) is 6.33 Å². The first-order valence-electron chi connectivity index (χ1n) is 5.22. The van der Waals surface area contributed by atoms with Crippen LogP contribution >= 0.6 is 0 Å². The molecule has 0 aliphatic carbocycles. The number of anilines is 2. The van der Waals surface area contributed by atoms with Crippen molar-refractivity contribution in [3.05, 3.63) is 6.33 Å². The van der Waals surface area contributed by atoms with E-state index in [1.807, 2.05) is 0 Å². The second-order valence-corrected chi connectivity index (χ2v) is 3.93. The third-order valence-electron chi connectivity index (χ3n) is 2.51. The van der Waals surface area contributed by atoms with Crippen LogP contribution < -0.4 is 21.3 Å². The lowest BCUT2D eigenvalue weighted by Gasteiger charge is -2.20. The van der Waals surface area contributed by atoms with E-state index in [9.17, 15) is 0 Å². The van der Waals surface area contributed by atoms with Crippen molar-refractivity contribution in [1.82, 2.24) is 9.97 Å². The molecule has 4 N–H and O–H groups in total. The molecule has 6 nitrogen and oxygen atoms in total. The number of aromatic nitrogens is 2. The van der Waals surface area contributed by atoms with Crippen LogP contribution in [0.25, 0.3) is 0 Å². The van der Waals surface area contributed by atoms with E-state index in [2.05, 4.69) is 41.5 Å². The standard InChI is InChI=1S/C10H19N5O/c1-6(2)7(3)14-9-8(16-4)10(15-11)13-5-12-9/h5-7H,11H2,1-4H3,(H2,12,13,14,15). The Bertz CT molecular complexity index is 342. The van der Waals surface area contributed by atoms with E-state index in [1.165, 1.54) is 6.33 Å². The number of ether oxygens (including phenoxy) is 1. The van der Waals surface area contributed by atoms with Crippen LogP contribution in [0.3, 0.4) is 0 Å². The third-order valence-corrected chi connectivity index (χ3v) is 2.51. The first-order chi connectivity index (χ1) is 7.60. The molecule has 0 amide bonds. The van der Waals surface area contributed by atoms with Gasteiger partial charge in [0, 0.05) is 6.04 Å². The summed E-state index contributed by atoms with van der Waals surface area (Å²) in [5.74, 6) is 7.47. The van der Waals surface area contributed by atoms with Crippen molar-refractivity contribution in [2.45, 2.75) is 26.8 Å². The highest BCUT2D eigenvalue weighted by Gasteiger charge is 2.14. The number of hydrogen-bond acceptors (Lipinski definition) is 6. The minimum atomic E-state index is 0.287. The highest BCUT2D eigenvalue weighted by atomic mass is 16.5. The van der Waals surface area contributed by atoms with E-state index < -0.39 is 0 Å². The number of hydrazine groups is 1. The van der Waals surface area contributed by atoms with Gasteiger partial charge in [-0.05, 0) is 12.8 Å². The summed E-state index contributed by atoms with van der Waals surface area (Å²) in [6.45, 7) is 6.35. The second-order valence-electron chi connectivity index (χ2n) is 3.93. The molecule has 0 fully saturated rings. The predicted molar refractivity (Wildman–Crippen MR) is 64.3 cm³/mol. The quantitative estimate of drug-likeness (QED) is 0.516. The smallest absolute Gasteiger partial charge is 0.205 e. The summed E-state index contributed by atoms with van der Waals surface area (Å²) in [5, 5.41) is 3.26. The Hall–Kier alpha value is -1.56. The van der Waals surface area contributed by atoms with Gasteiger partial charge in [-0.3, -0.25) is 0 Å². The topological polar surface area (TPSA) is 85.1 Å². The third kappa shape index (κ3) is 2.73. The summed E-state index contributed by atoms with van der Waals surface area (Å²) in [7, 11) is 1.56. The van der Waals surface area contributed by atoms with Crippen molar-refractivity contribution in [3.63, 3.8) is 0 Å². The molecule has 16 heavy (non-hydrogen) atoms. The molecule has 1 atom stereocenters. The van der Waals surface area contributed by atoms with Crippen LogP contribution in [0.1, 0.15) is 20.8 Å². The van der Waals surface area contributed by atoms with Crippen molar-refractivity contribution in [1.29, 1.82) is 0 Å². The fraction of sp³-hybridized carbons (Fsp3) is 0.600. The summed E-state index contributed by atoms with van der Waals surface area (Å²) in [6.07, 6.45) is 1.44. The maximum absolute atomic E-state index is 5.34. The molecule has 0 aromatic carbocycles. The van der Waals surface area contributed by atoms with E-state index in [0.29, 0.717) is 23.3 Å². The number of rotatable bonds is 5. The average molecular weight is 225 g/mol. The van der Waals surface area contributed by atoms with Crippen molar-refractivity contribution in [3.8, 4) is 5.75 Å². The molecule has 1 unspecified atom stereocenters. The summed E-state index contributed by atoms with van der Waals surface area (Å²) in [4.78, 5) is 8.11. The van der Waals surface area contributed by atoms with Crippen LogP contribution in [-0.4, -0.2) is 23.1 Å². The van der Waals surface area contributed by atoms with Gasteiger partial charge in [-0.25, -0.2) is 15.8 Å². The minimum Gasteiger partial charge on any atom is -0.490 e. The van der Waals surface area contributed by atoms with Crippen molar-refractivity contribution in [2.24, 2.45) is 11.8 Å². The largest absolute Gasteiger partial charge is 0.490 e. The van der Waals surface area contributed by atoms with E-state index in [-0.39, 0.29) is 6.04 Å². The zero-order valence-corrected chi connectivity index (χ0v) is 10.1. The van der Waals surface area contributed by atoms with Crippen LogP contribution in [0.4, 0.5) is 11.6 Å². The monoisotopic (exact) mass is 225 g/mol. The predicted octanol–water partition coefficient (Wildman–Crippen LogP) is 1.23. The van der Waals surface area contributed by atoms with Crippen LogP contribution in [0.5, 0.6) is 5.75 Å². The van der Waals surface area contributed by atoms with Gasteiger partial charge in [0.25, 0.3) is 0 Å². The second kappa shape index (κ2) is 5.50. The van der Waals surface area contributed by atoms with Gasteiger partial charge in [-0.2, -0.15) is 0 Å². The maximum atomic E-state index is 5.34. The lowest BCUT2D eigenvalue weighted by molar-refractivity contribution is 0.413. The van der Waals surface area contributed by atoms with Gasteiger partial charge in [0.2, 0.25) is 5.75 Å². The molecular formula is C10H19N5O. The molecular weight excluding hydrogens is 206 g/mol. The molecule has 1 aromatic rings. The lowest BCUT2D eigenvalue weighted by atomic mass is 10.1. The first-order valence-corrected chi connectivity index (χ1v) is 5.22. The Morgan fingerprint density at radius 1 is 1.25 bits per heavy atom. The molecule has 90 valence electrons. The molecule has 0 saturated carbocycles. The maximum Gasteiger partial charge on any atom is 0.205 e. The van der Waals surface area contributed by atoms with Crippen LogP contribution in [-0.2, 0) is 0 Å². The molecule has 0 radical (unpaired) electrons. The molecule has 6 heteroatoms. The Balaban J connectivity index is 2.95. The normalized spacial score (nSPS) is 12.4. The van der Waals surface area contributed by atoms with Crippen molar-refractivity contribution >= 4 is 11.6 Å². The van der Waals surface area contributed by atoms with Gasteiger partial charge in [0.05, 0.1) is 7.11 Å². The van der Waals surface area contributed by atoms with Gasteiger partial charge in [0.15, 0.2) is 11.6 Å². The highest BCUT2D eigenvalue weighted by Crippen LogP contribution is 2.29. The molecule has 0 spiro atoms. The van der Waals surface area contributed by atoms with Gasteiger partial charge in [-0.15, -0.1) is 0 Å². The fourth-order valence-electron chi connectivity index (χ4n) is 1.16. The number of nitrogens with zero attached hydrogens (tertiary/aromatic N) is 2. The molecule has 1 rings (SSSR count). The molecule has 0 aliphatic heterocycles. The number of nitrogen functional groups attached to an aromatic ring is 1. The zero-order chi connectivity index (χ0) is 12.1. The fourth-order valence-corrected chi connectivity index (χ4v) is 1.16. The minimum absolute atomic E-state index is 0.287. The Morgan fingerprint density at radius 2 is 1.88 bits per heavy atom. The molecule has 1 heterocycles. The Morgan fingerprint density at radius 3 is 2.38 bits per heavy atom. The Kier molecular flexibility index (Phi) is 4.30. The molecule has 0 bridgehead atoms. The molecule has 0 aliphatic rings. The Labute approximate surface area is 95.6 Å². The lowest BCUT2D eigenvalue weighted by Crippen LogP contribution is -2.23. The average Bonchev–Trinajstić information content (AvgIpc) is 2.28. The van der Waals surface area contributed by atoms with Crippen molar-refractivity contribution < 1.29 is 4.74 Å². The van der Waals surface area contributed by atoms with E-state index in [4.69, 9.17) is 10.6 Å². The van der Waals surface area contributed by atoms with E-state index in [0.717, 1.165) is 0 Å². The summed E-state index contributed by atoms with van der Waals surface area (Å²) in [5.41, 5.74) is 2.47. The van der Waals surface area contributed by atoms with Crippen LogP contribution in [0.2, 0.25) is 0 Å². The SMILES string of the molecule is COc1c(NN)ncnc1NC(C)C(C)C. The summed E-state index contributed by atoms with van der Waals surface area (Å²) in [6, 6.07) is 0.287. The van der Waals surface area contributed by atoms with Gasteiger partial charge in [-0.1, -0.05) is 13.8 Å². The highest BCUT2D eigenvalue weighted by molar-refractivity contribution is 5.63. The number of nitrogens with one attached hydrogen (secondary N) is 2. The molecule has 1 aromatic heterocycles. The van der Waals surface area contributed by atoms with Gasteiger partial charge < -0.3 is 15.5 Å². The van der Waals surface area contributed by atoms with Gasteiger partial charge in [0.1, 0.15) is 6.33 Å². The number of hydrogen-bond donors (Lipinski definition) is 3. The summed E-state index contributed by atoms with van der Waals surface area (Å²) < 4.78 is 5.22. The molecule has 0 saturated heterocycles. The zero-order valence-electron chi connectivity index (χ0n) is 10.1. The first kappa shape index (κ1) is 12.5. The van der Waals surface area contributed by atoms with E-state index in [1.54, 1.807) is 7.11 Å². The number of nitrogens with two attached hydrogens (primary N) is 1.